The van der Waals surface area contributed by atoms with Gasteiger partial charge in [0.05, 0.1) is 0 Å². The highest BCUT2D eigenvalue weighted by molar-refractivity contribution is 5.70. The average molecular weight is 284 g/mol. The van der Waals surface area contributed by atoms with Crippen molar-refractivity contribution in [3.63, 3.8) is 0 Å². The molecule has 0 aromatic heterocycles. The SMILES string of the molecule is C[C@H](N)c1cc(F)ccc1N1CCCCc2ccccc21. The van der Waals surface area contributed by atoms with Gasteiger partial charge in [0.15, 0.2) is 0 Å². The van der Waals surface area contributed by atoms with E-state index in [1.807, 2.05) is 13.0 Å². The van der Waals surface area contributed by atoms with E-state index in [9.17, 15) is 4.39 Å². The average Bonchev–Trinajstić information content (AvgIpc) is 2.69. The summed E-state index contributed by atoms with van der Waals surface area (Å²) in [4.78, 5) is 2.29. The second-order valence-electron chi connectivity index (χ2n) is 5.73. The van der Waals surface area contributed by atoms with E-state index in [2.05, 4.69) is 29.2 Å². The van der Waals surface area contributed by atoms with Gasteiger partial charge in [-0.2, -0.15) is 0 Å². The molecule has 0 saturated carbocycles. The molecule has 1 atom stereocenters. The van der Waals surface area contributed by atoms with Gasteiger partial charge in [0.1, 0.15) is 5.82 Å². The molecule has 0 unspecified atom stereocenters. The maximum Gasteiger partial charge on any atom is 0.123 e. The number of nitrogens with zero attached hydrogens (tertiary/aromatic N) is 1. The van der Waals surface area contributed by atoms with Crippen LogP contribution in [0.4, 0.5) is 15.8 Å². The van der Waals surface area contributed by atoms with Crippen LogP contribution in [-0.4, -0.2) is 6.54 Å². The fraction of sp³-hybridized carbons (Fsp3) is 0.333. The zero-order valence-corrected chi connectivity index (χ0v) is 12.3. The molecule has 3 heteroatoms. The molecule has 2 N–H and O–H groups in total. The molecule has 0 bridgehead atoms. The molecule has 0 aliphatic carbocycles. The minimum Gasteiger partial charge on any atom is -0.341 e. The van der Waals surface area contributed by atoms with Gasteiger partial charge in [-0.15, -0.1) is 0 Å². The first-order chi connectivity index (χ1) is 10.2. The Morgan fingerprint density at radius 2 is 1.90 bits per heavy atom. The number of nitrogens with two attached hydrogens (primary N) is 1. The van der Waals surface area contributed by atoms with Gasteiger partial charge >= 0.3 is 0 Å². The minimum absolute atomic E-state index is 0.189. The molecule has 110 valence electrons. The van der Waals surface area contributed by atoms with Gasteiger partial charge in [-0.1, -0.05) is 18.2 Å². The van der Waals surface area contributed by atoms with Gasteiger partial charge in [-0.05, 0) is 61.6 Å². The Kier molecular flexibility index (Phi) is 3.93. The molecule has 1 heterocycles. The molecule has 2 aromatic rings. The Bertz CT molecular complexity index is 637. The number of fused-ring (bicyclic) bond motifs is 1. The van der Waals surface area contributed by atoms with E-state index in [1.54, 1.807) is 6.07 Å². The Morgan fingerprint density at radius 1 is 1.10 bits per heavy atom. The van der Waals surface area contributed by atoms with Crippen LogP contribution in [0.2, 0.25) is 0 Å². The molecule has 0 amide bonds. The highest BCUT2D eigenvalue weighted by Crippen LogP contribution is 2.36. The zero-order chi connectivity index (χ0) is 14.8. The zero-order valence-electron chi connectivity index (χ0n) is 12.3. The van der Waals surface area contributed by atoms with Crippen molar-refractivity contribution >= 4 is 11.4 Å². The van der Waals surface area contributed by atoms with Crippen molar-refractivity contribution in [2.45, 2.75) is 32.2 Å². The van der Waals surface area contributed by atoms with Crippen molar-refractivity contribution in [2.24, 2.45) is 5.73 Å². The second-order valence-corrected chi connectivity index (χ2v) is 5.73. The van der Waals surface area contributed by atoms with Crippen LogP contribution in [0, 0.1) is 5.82 Å². The Morgan fingerprint density at radius 3 is 2.71 bits per heavy atom. The first kappa shape index (κ1) is 14.1. The van der Waals surface area contributed by atoms with Crippen LogP contribution in [0.5, 0.6) is 0 Å². The van der Waals surface area contributed by atoms with E-state index in [1.165, 1.54) is 23.7 Å². The lowest BCUT2D eigenvalue weighted by Crippen LogP contribution is -2.21. The van der Waals surface area contributed by atoms with Crippen molar-refractivity contribution in [1.29, 1.82) is 0 Å². The number of rotatable bonds is 2. The molecule has 0 spiro atoms. The molecule has 0 radical (unpaired) electrons. The Balaban J connectivity index is 2.12. The smallest absolute Gasteiger partial charge is 0.123 e. The van der Waals surface area contributed by atoms with Gasteiger partial charge in [0.2, 0.25) is 0 Å². The van der Waals surface area contributed by atoms with Crippen molar-refractivity contribution < 1.29 is 4.39 Å². The van der Waals surface area contributed by atoms with Crippen LogP contribution in [0.3, 0.4) is 0 Å². The molecular formula is C18H21FN2. The van der Waals surface area contributed by atoms with Gasteiger partial charge < -0.3 is 10.6 Å². The van der Waals surface area contributed by atoms with E-state index in [4.69, 9.17) is 5.73 Å². The number of hydrogen-bond acceptors (Lipinski definition) is 2. The third-order valence-electron chi connectivity index (χ3n) is 4.13. The summed E-state index contributed by atoms with van der Waals surface area (Å²) in [5.74, 6) is -0.228. The van der Waals surface area contributed by atoms with Crippen LogP contribution in [0.1, 0.15) is 36.9 Å². The standard InChI is InChI=1S/C18H21FN2/c1-13(20)16-12-15(19)9-10-18(16)21-11-5-4-7-14-6-2-3-8-17(14)21/h2-3,6,8-10,12-13H,4-5,7,11,20H2,1H3/t13-/m0/s1. The summed E-state index contributed by atoms with van der Waals surface area (Å²) in [6.45, 7) is 2.85. The number of aryl methyl sites for hydroxylation is 1. The molecule has 21 heavy (non-hydrogen) atoms. The molecule has 0 saturated heterocycles. The normalized spacial score (nSPS) is 16.2. The topological polar surface area (TPSA) is 29.3 Å². The summed E-state index contributed by atoms with van der Waals surface area (Å²) in [7, 11) is 0. The molecule has 1 aliphatic rings. The molecule has 1 aliphatic heterocycles. The predicted molar refractivity (Wildman–Crippen MR) is 85.4 cm³/mol. The highest BCUT2D eigenvalue weighted by Gasteiger charge is 2.20. The van der Waals surface area contributed by atoms with Crippen molar-refractivity contribution in [3.05, 3.63) is 59.4 Å². The summed E-state index contributed by atoms with van der Waals surface area (Å²) in [6.07, 6.45) is 3.41. The van der Waals surface area contributed by atoms with Gasteiger partial charge in [0, 0.05) is 24.0 Å². The van der Waals surface area contributed by atoms with Crippen LogP contribution in [0.15, 0.2) is 42.5 Å². The van der Waals surface area contributed by atoms with Crippen molar-refractivity contribution in [2.75, 3.05) is 11.4 Å². The number of halogens is 1. The second kappa shape index (κ2) is 5.86. The van der Waals surface area contributed by atoms with E-state index in [0.717, 1.165) is 30.6 Å². The van der Waals surface area contributed by atoms with Crippen LogP contribution < -0.4 is 10.6 Å². The number of anilines is 2. The van der Waals surface area contributed by atoms with E-state index in [0.29, 0.717) is 0 Å². The first-order valence-corrected chi connectivity index (χ1v) is 7.57. The first-order valence-electron chi connectivity index (χ1n) is 7.57. The van der Waals surface area contributed by atoms with E-state index in [-0.39, 0.29) is 11.9 Å². The molecule has 2 nitrogen and oxygen atoms in total. The molecular weight excluding hydrogens is 263 g/mol. The lowest BCUT2D eigenvalue weighted by Gasteiger charge is -2.28. The maximum atomic E-state index is 13.6. The lowest BCUT2D eigenvalue weighted by molar-refractivity contribution is 0.622. The third-order valence-corrected chi connectivity index (χ3v) is 4.13. The Labute approximate surface area is 125 Å². The summed E-state index contributed by atoms with van der Waals surface area (Å²) in [6, 6.07) is 13.2. The largest absolute Gasteiger partial charge is 0.341 e. The summed E-state index contributed by atoms with van der Waals surface area (Å²) in [5, 5.41) is 0. The van der Waals surface area contributed by atoms with E-state index < -0.39 is 0 Å². The van der Waals surface area contributed by atoms with Crippen LogP contribution in [-0.2, 0) is 6.42 Å². The van der Waals surface area contributed by atoms with Crippen LogP contribution >= 0.6 is 0 Å². The summed E-state index contributed by atoms with van der Waals surface area (Å²) >= 11 is 0. The van der Waals surface area contributed by atoms with Crippen molar-refractivity contribution in [1.82, 2.24) is 0 Å². The van der Waals surface area contributed by atoms with Crippen LogP contribution in [0.25, 0.3) is 0 Å². The van der Waals surface area contributed by atoms with Crippen molar-refractivity contribution in [3.8, 4) is 0 Å². The summed E-state index contributed by atoms with van der Waals surface area (Å²) < 4.78 is 13.6. The highest BCUT2D eigenvalue weighted by atomic mass is 19.1. The maximum absolute atomic E-state index is 13.6. The number of para-hydroxylation sites is 1. The number of benzene rings is 2. The fourth-order valence-electron chi connectivity index (χ4n) is 3.08. The van der Waals surface area contributed by atoms with E-state index >= 15 is 0 Å². The van der Waals surface area contributed by atoms with Gasteiger partial charge in [0.25, 0.3) is 0 Å². The molecule has 2 aromatic carbocycles. The fourth-order valence-corrected chi connectivity index (χ4v) is 3.08. The van der Waals surface area contributed by atoms with Gasteiger partial charge in [-0.3, -0.25) is 0 Å². The monoisotopic (exact) mass is 284 g/mol. The quantitative estimate of drug-likeness (QED) is 0.890. The van der Waals surface area contributed by atoms with Gasteiger partial charge in [-0.25, -0.2) is 4.39 Å². The predicted octanol–water partition coefficient (Wildman–Crippen LogP) is 4.32. The molecule has 0 fully saturated rings. The molecule has 3 rings (SSSR count). The Hall–Kier alpha value is -1.87. The third kappa shape index (κ3) is 2.79. The number of hydrogen-bond donors (Lipinski definition) is 1. The lowest BCUT2D eigenvalue weighted by atomic mass is 10.0. The minimum atomic E-state index is -0.228. The summed E-state index contributed by atoms with van der Waals surface area (Å²) in [5.41, 5.74) is 10.5.